The Morgan fingerprint density at radius 1 is 1.28 bits per heavy atom. The molecule has 1 aromatic carbocycles. The summed E-state index contributed by atoms with van der Waals surface area (Å²) in [5, 5.41) is 13.8. The van der Waals surface area contributed by atoms with Crippen LogP contribution in [0.1, 0.15) is 60.2 Å². The molecule has 134 valence electrons. The zero-order valence-electron chi connectivity index (χ0n) is 15.1. The van der Waals surface area contributed by atoms with Crippen LogP contribution in [0.4, 0.5) is 0 Å². The Morgan fingerprint density at radius 2 is 1.96 bits per heavy atom. The molecule has 2 aromatic rings. The zero-order valence-corrected chi connectivity index (χ0v) is 15.1. The molecule has 0 unspecified atom stereocenters. The second kappa shape index (κ2) is 7.42. The number of likely N-dealkylation sites (N-methyl/N-ethyl adjacent to an activating group) is 1. The van der Waals surface area contributed by atoms with Crippen LogP contribution in [-0.4, -0.2) is 56.6 Å². The Bertz CT molecular complexity index is 737. The monoisotopic (exact) mass is 345 g/mol. The Morgan fingerprint density at radius 3 is 2.56 bits per heavy atom. The number of nitrogens with one attached hydrogen (secondary N) is 1. The van der Waals surface area contributed by atoms with E-state index >= 15 is 0 Å². The van der Waals surface area contributed by atoms with Gasteiger partial charge in [-0.1, -0.05) is 18.2 Å². The average Bonchev–Trinajstić information content (AvgIpc) is 3.07. The number of ether oxygens (including phenoxy) is 1. The van der Waals surface area contributed by atoms with Gasteiger partial charge in [-0.05, 0) is 39.0 Å². The summed E-state index contributed by atoms with van der Waals surface area (Å²) in [6.45, 7) is 7.73. The van der Waals surface area contributed by atoms with Crippen LogP contribution in [0.25, 0.3) is 0 Å². The minimum atomic E-state index is -0.589. The summed E-state index contributed by atoms with van der Waals surface area (Å²) in [5.74, 6) is -0.172. The molecule has 2 rings (SSSR count). The predicted octanol–water partition coefficient (Wildman–Crippen LogP) is 2.03. The van der Waals surface area contributed by atoms with E-state index in [2.05, 4.69) is 20.6 Å². The molecule has 0 saturated carbocycles. The summed E-state index contributed by atoms with van der Waals surface area (Å²) >= 11 is 0. The first kappa shape index (κ1) is 18.6. The molecule has 0 bridgehead atoms. The summed E-state index contributed by atoms with van der Waals surface area (Å²) < 4.78 is 5.34. The number of carbonyl (C=O) groups is 2. The number of aromatic amines is 1. The van der Waals surface area contributed by atoms with Gasteiger partial charge in [0.15, 0.2) is 5.82 Å². The fourth-order valence-electron chi connectivity index (χ4n) is 2.29. The van der Waals surface area contributed by atoms with Crippen LogP contribution in [0.2, 0.25) is 0 Å². The SMILES string of the molecule is C[C@H](CN(C)C(=O)c1cccc(C(=O)OC(C)(C)C)c1)c1nn[nH]n1. The van der Waals surface area contributed by atoms with E-state index in [0.29, 0.717) is 23.5 Å². The van der Waals surface area contributed by atoms with Gasteiger partial charge < -0.3 is 9.64 Å². The molecule has 0 spiro atoms. The number of nitrogens with zero attached hydrogens (tertiary/aromatic N) is 4. The maximum absolute atomic E-state index is 12.6. The van der Waals surface area contributed by atoms with E-state index in [4.69, 9.17) is 4.74 Å². The van der Waals surface area contributed by atoms with Gasteiger partial charge in [0, 0.05) is 25.1 Å². The number of hydrogen-bond acceptors (Lipinski definition) is 6. The molecule has 1 heterocycles. The molecule has 0 aliphatic heterocycles. The van der Waals surface area contributed by atoms with Crippen LogP contribution in [0.5, 0.6) is 0 Å². The van der Waals surface area contributed by atoms with Crippen molar-refractivity contribution in [3.8, 4) is 0 Å². The second-order valence-corrected chi connectivity index (χ2v) is 6.94. The maximum atomic E-state index is 12.6. The summed E-state index contributed by atoms with van der Waals surface area (Å²) in [6.07, 6.45) is 0. The maximum Gasteiger partial charge on any atom is 0.338 e. The molecule has 8 nitrogen and oxygen atoms in total. The highest BCUT2D eigenvalue weighted by atomic mass is 16.6. The first-order chi connectivity index (χ1) is 11.7. The molecule has 1 atom stereocenters. The number of benzene rings is 1. The minimum absolute atomic E-state index is 0.0678. The van der Waals surface area contributed by atoms with Gasteiger partial charge in [-0.15, -0.1) is 10.2 Å². The Balaban J connectivity index is 2.08. The normalized spacial score (nSPS) is 12.5. The standard InChI is InChI=1S/C17H23N5O3/c1-11(14-18-20-21-19-14)10-22(5)15(23)12-7-6-8-13(9-12)16(24)25-17(2,3)4/h6-9,11H,10H2,1-5H3,(H,18,19,20,21)/t11-/m1/s1. The molecular weight excluding hydrogens is 322 g/mol. The highest BCUT2D eigenvalue weighted by Crippen LogP contribution is 2.16. The molecule has 0 aliphatic rings. The summed E-state index contributed by atoms with van der Waals surface area (Å²) in [4.78, 5) is 26.3. The number of tetrazole rings is 1. The smallest absolute Gasteiger partial charge is 0.338 e. The number of rotatable bonds is 5. The van der Waals surface area contributed by atoms with Gasteiger partial charge in [0.25, 0.3) is 5.91 Å². The first-order valence-corrected chi connectivity index (χ1v) is 7.99. The van der Waals surface area contributed by atoms with Crippen molar-refractivity contribution >= 4 is 11.9 Å². The number of esters is 1. The molecule has 0 radical (unpaired) electrons. The van der Waals surface area contributed by atoms with Crippen LogP contribution >= 0.6 is 0 Å². The Hall–Kier alpha value is -2.77. The predicted molar refractivity (Wildman–Crippen MR) is 91.2 cm³/mol. The topological polar surface area (TPSA) is 101 Å². The van der Waals surface area contributed by atoms with Gasteiger partial charge in [0.1, 0.15) is 5.60 Å². The van der Waals surface area contributed by atoms with Crippen LogP contribution in [0.3, 0.4) is 0 Å². The Labute approximate surface area is 146 Å². The van der Waals surface area contributed by atoms with Gasteiger partial charge >= 0.3 is 5.97 Å². The molecule has 0 saturated heterocycles. The third kappa shape index (κ3) is 5.10. The fourth-order valence-corrected chi connectivity index (χ4v) is 2.29. The van der Waals surface area contributed by atoms with E-state index < -0.39 is 11.6 Å². The number of carbonyl (C=O) groups excluding carboxylic acids is 2. The number of H-pyrrole nitrogens is 1. The van der Waals surface area contributed by atoms with E-state index in [1.807, 2.05) is 6.92 Å². The summed E-state index contributed by atoms with van der Waals surface area (Å²) in [5.41, 5.74) is 0.181. The Kier molecular flexibility index (Phi) is 5.51. The molecule has 25 heavy (non-hydrogen) atoms. The van der Waals surface area contributed by atoms with Gasteiger partial charge in [0.2, 0.25) is 0 Å². The van der Waals surface area contributed by atoms with Crippen molar-refractivity contribution in [2.75, 3.05) is 13.6 Å². The molecule has 8 heteroatoms. The minimum Gasteiger partial charge on any atom is -0.456 e. The fraction of sp³-hybridized carbons (Fsp3) is 0.471. The van der Waals surface area contributed by atoms with Gasteiger partial charge in [0.05, 0.1) is 5.56 Å². The zero-order chi connectivity index (χ0) is 18.6. The molecule has 1 N–H and O–H groups in total. The third-order valence-corrected chi connectivity index (χ3v) is 3.44. The number of hydrogen-bond donors (Lipinski definition) is 1. The average molecular weight is 345 g/mol. The van der Waals surface area contributed by atoms with Crippen LogP contribution in [0.15, 0.2) is 24.3 Å². The van der Waals surface area contributed by atoms with Crippen LogP contribution in [-0.2, 0) is 4.74 Å². The molecule has 1 aromatic heterocycles. The van der Waals surface area contributed by atoms with Crippen molar-refractivity contribution in [3.05, 3.63) is 41.2 Å². The molecular formula is C17H23N5O3. The lowest BCUT2D eigenvalue weighted by Gasteiger charge is -2.21. The number of aromatic nitrogens is 4. The largest absolute Gasteiger partial charge is 0.456 e. The number of amides is 1. The van der Waals surface area contributed by atoms with Gasteiger partial charge in [-0.3, -0.25) is 4.79 Å². The van der Waals surface area contributed by atoms with Crippen molar-refractivity contribution in [2.45, 2.75) is 39.2 Å². The van der Waals surface area contributed by atoms with E-state index in [0.717, 1.165) is 0 Å². The lowest BCUT2D eigenvalue weighted by atomic mass is 10.1. The van der Waals surface area contributed by atoms with Crippen LogP contribution < -0.4 is 0 Å². The third-order valence-electron chi connectivity index (χ3n) is 3.44. The highest BCUT2D eigenvalue weighted by Gasteiger charge is 2.21. The van der Waals surface area contributed by atoms with Crippen molar-refractivity contribution in [2.24, 2.45) is 0 Å². The summed E-state index contributed by atoms with van der Waals surface area (Å²) in [7, 11) is 1.69. The van der Waals surface area contributed by atoms with E-state index in [-0.39, 0.29) is 11.8 Å². The van der Waals surface area contributed by atoms with E-state index in [9.17, 15) is 9.59 Å². The van der Waals surface area contributed by atoms with Crippen LogP contribution in [0, 0.1) is 0 Å². The summed E-state index contributed by atoms with van der Waals surface area (Å²) in [6, 6.07) is 6.52. The van der Waals surface area contributed by atoms with Crippen molar-refractivity contribution in [1.82, 2.24) is 25.5 Å². The van der Waals surface area contributed by atoms with Gasteiger partial charge in [-0.25, -0.2) is 4.79 Å². The highest BCUT2D eigenvalue weighted by molar-refractivity contribution is 5.97. The van der Waals surface area contributed by atoms with E-state index in [1.54, 1.807) is 57.0 Å². The van der Waals surface area contributed by atoms with Gasteiger partial charge in [-0.2, -0.15) is 5.21 Å². The molecule has 0 fully saturated rings. The lowest BCUT2D eigenvalue weighted by molar-refractivity contribution is 0.00695. The van der Waals surface area contributed by atoms with E-state index in [1.165, 1.54) is 0 Å². The second-order valence-electron chi connectivity index (χ2n) is 6.94. The quantitative estimate of drug-likeness (QED) is 0.832. The van der Waals surface area contributed by atoms with Crippen molar-refractivity contribution in [3.63, 3.8) is 0 Å². The molecule has 0 aliphatic carbocycles. The molecule has 1 amide bonds. The van der Waals surface area contributed by atoms with Crippen molar-refractivity contribution in [1.29, 1.82) is 0 Å². The van der Waals surface area contributed by atoms with Crippen molar-refractivity contribution < 1.29 is 14.3 Å². The first-order valence-electron chi connectivity index (χ1n) is 7.99. The lowest BCUT2D eigenvalue weighted by Crippen LogP contribution is -2.31.